The smallest absolute Gasteiger partial charge is 0.306 e. The van der Waals surface area contributed by atoms with E-state index in [1.165, 1.54) is 212 Å². The van der Waals surface area contributed by atoms with Crippen molar-refractivity contribution in [3.8, 4) is 0 Å². The molecule has 0 aliphatic heterocycles. The first-order chi connectivity index (χ1) is 37.5. The van der Waals surface area contributed by atoms with Crippen molar-refractivity contribution in [1.82, 2.24) is 0 Å². The van der Waals surface area contributed by atoms with Gasteiger partial charge in [-0.1, -0.05) is 306 Å². The van der Waals surface area contributed by atoms with Gasteiger partial charge in [-0.05, 0) is 83.5 Å². The van der Waals surface area contributed by atoms with Crippen LogP contribution in [0.3, 0.4) is 0 Å². The van der Waals surface area contributed by atoms with Gasteiger partial charge >= 0.3 is 17.9 Å². The van der Waals surface area contributed by atoms with E-state index in [1.54, 1.807) is 0 Å². The first-order valence-electron chi connectivity index (χ1n) is 32.9. The lowest BCUT2D eigenvalue weighted by Crippen LogP contribution is -2.30. The van der Waals surface area contributed by atoms with Gasteiger partial charge in [0.15, 0.2) is 6.10 Å². The Balaban J connectivity index is 4.35. The zero-order chi connectivity index (χ0) is 55.0. The summed E-state index contributed by atoms with van der Waals surface area (Å²) in [4.78, 5) is 38.3. The summed E-state index contributed by atoms with van der Waals surface area (Å²) in [6, 6.07) is 0. The molecule has 0 aromatic rings. The number of hydrogen-bond acceptors (Lipinski definition) is 6. The predicted octanol–water partition coefficient (Wildman–Crippen LogP) is 22.5. The summed E-state index contributed by atoms with van der Waals surface area (Å²) < 4.78 is 16.9. The molecule has 0 spiro atoms. The molecule has 1 unspecified atom stereocenters. The number of hydrogen-bond donors (Lipinski definition) is 0. The standard InChI is InChI=1S/C70H124O6/c1-4-7-10-13-16-19-22-25-28-31-32-33-34-35-36-37-38-40-42-45-48-51-54-57-60-63-69(72)75-66-67(65-74-68(71)62-59-56-53-50-47-44-41-30-27-24-21-18-15-12-9-6-3)76-70(73)64-61-58-55-52-49-46-43-39-29-26-23-20-17-14-11-8-5-2/h8,11,17,20,26,29,31-32,43,46,52,55,67H,4-7,9-10,12-16,18-19,21-25,27-28,30,33-42,44-45,47-51,53-54,56-66H2,1-3H3/b11-8-,20-17-,29-26-,32-31-,46-43-,55-52-. The summed E-state index contributed by atoms with van der Waals surface area (Å²) in [6.07, 6.45) is 83.5. The van der Waals surface area contributed by atoms with Crippen LogP contribution in [0.4, 0.5) is 0 Å². The fourth-order valence-corrected chi connectivity index (χ4v) is 9.54. The minimum absolute atomic E-state index is 0.0944. The first kappa shape index (κ1) is 72.8. The summed E-state index contributed by atoms with van der Waals surface area (Å²) in [7, 11) is 0. The minimum Gasteiger partial charge on any atom is -0.462 e. The summed E-state index contributed by atoms with van der Waals surface area (Å²) in [5, 5.41) is 0. The number of esters is 3. The first-order valence-corrected chi connectivity index (χ1v) is 32.9. The Morgan fingerprint density at radius 2 is 0.526 bits per heavy atom. The van der Waals surface area contributed by atoms with Crippen molar-refractivity contribution in [2.75, 3.05) is 13.2 Å². The molecular weight excluding hydrogens is 937 g/mol. The number of carbonyl (C=O) groups excluding carboxylic acids is 3. The lowest BCUT2D eigenvalue weighted by molar-refractivity contribution is -0.167. The van der Waals surface area contributed by atoms with E-state index >= 15 is 0 Å². The van der Waals surface area contributed by atoms with E-state index in [1.807, 2.05) is 0 Å². The van der Waals surface area contributed by atoms with Crippen LogP contribution >= 0.6 is 0 Å². The van der Waals surface area contributed by atoms with Crippen LogP contribution in [0.5, 0.6) is 0 Å². The average molecular weight is 1060 g/mol. The Morgan fingerprint density at radius 1 is 0.276 bits per heavy atom. The van der Waals surface area contributed by atoms with Crippen LogP contribution in [0, 0.1) is 0 Å². The molecular formula is C70H124O6. The molecule has 0 N–H and O–H groups in total. The fourth-order valence-electron chi connectivity index (χ4n) is 9.54. The molecule has 0 amide bonds. The van der Waals surface area contributed by atoms with Crippen molar-refractivity contribution in [3.63, 3.8) is 0 Å². The molecule has 0 aromatic carbocycles. The van der Waals surface area contributed by atoms with Gasteiger partial charge in [0.25, 0.3) is 0 Å². The van der Waals surface area contributed by atoms with E-state index in [9.17, 15) is 14.4 Å². The summed E-state index contributed by atoms with van der Waals surface area (Å²) in [5.41, 5.74) is 0. The number of allylic oxidation sites excluding steroid dienone is 12. The van der Waals surface area contributed by atoms with E-state index in [2.05, 4.69) is 93.7 Å². The van der Waals surface area contributed by atoms with E-state index in [0.29, 0.717) is 19.3 Å². The Kier molecular flexibility index (Phi) is 61.7. The largest absolute Gasteiger partial charge is 0.462 e. The zero-order valence-electron chi connectivity index (χ0n) is 50.5. The van der Waals surface area contributed by atoms with Crippen molar-refractivity contribution in [1.29, 1.82) is 0 Å². The molecule has 440 valence electrons. The third-order valence-corrected chi connectivity index (χ3v) is 14.4. The molecule has 0 rings (SSSR count). The topological polar surface area (TPSA) is 78.9 Å². The van der Waals surface area contributed by atoms with Crippen LogP contribution in [0.25, 0.3) is 0 Å². The van der Waals surface area contributed by atoms with E-state index in [-0.39, 0.29) is 37.5 Å². The van der Waals surface area contributed by atoms with Gasteiger partial charge in [0, 0.05) is 19.3 Å². The molecule has 0 fully saturated rings. The minimum atomic E-state index is -0.804. The lowest BCUT2D eigenvalue weighted by atomic mass is 10.0. The third kappa shape index (κ3) is 61.7. The summed E-state index contributed by atoms with van der Waals surface area (Å²) >= 11 is 0. The van der Waals surface area contributed by atoms with Gasteiger partial charge in [-0.15, -0.1) is 0 Å². The highest BCUT2D eigenvalue weighted by Crippen LogP contribution is 2.17. The molecule has 76 heavy (non-hydrogen) atoms. The van der Waals surface area contributed by atoms with Crippen LogP contribution < -0.4 is 0 Å². The molecule has 0 heterocycles. The fraction of sp³-hybridized carbons (Fsp3) is 0.786. The molecule has 0 radical (unpaired) electrons. The van der Waals surface area contributed by atoms with E-state index in [0.717, 1.165) is 77.0 Å². The van der Waals surface area contributed by atoms with Gasteiger partial charge < -0.3 is 14.2 Å². The zero-order valence-corrected chi connectivity index (χ0v) is 50.5. The average Bonchev–Trinajstić information content (AvgIpc) is 3.42. The summed E-state index contributed by atoms with van der Waals surface area (Å²) in [5.74, 6) is -0.936. The summed E-state index contributed by atoms with van der Waals surface area (Å²) in [6.45, 7) is 6.53. The van der Waals surface area contributed by atoms with Gasteiger partial charge in [0.1, 0.15) is 13.2 Å². The number of rotatable bonds is 60. The maximum atomic E-state index is 12.9. The second-order valence-electron chi connectivity index (χ2n) is 22.0. The molecule has 6 heteroatoms. The van der Waals surface area contributed by atoms with Crippen molar-refractivity contribution in [2.45, 2.75) is 341 Å². The van der Waals surface area contributed by atoms with Crippen LogP contribution in [-0.2, 0) is 28.6 Å². The van der Waals surface area contributed by atoms with Crippen molar-refractivity contribution in [3.05, 3.63) is 72.9 Å². The molecule has 0 bridgehead atoms. The number of carbonyl (C=O) groups is 3. The predicted molar refractivity (Wildman–Crippen MR) is 330 cm³/mol. The maximum Gasteiger partial charge on any atom is 0.306 e. The van der Waals surface area contributed by atoms with Gasteiger partial charge in [0.05, 0.1) is 0 Å². The molecule has 0 aliphatic rings. The van der Waals surface area contributed by atoms with Gasteiger partial charge in [-0.25, -0.2) is 0 Å². The highest BCUT2D eigenvalue weighted by molar-refractivity contribution is 5.71. The Morgan fingerprint density at radius 3 is 0.855 bits per heavy atom. The second-order valence-corrected chi connectivity index (χ2v) is 22.0. The van der Waals surface area contributed by atoms with Crippen LogP contribution in [-0.4, -0.2) is 37.2 Å². The van der Waals surface area contributed by atoms with Crippen LogP contribution in [0.15, 0.2) is 72.9 Å². The van der Waals surface area contributed by atoms with Crippen LogP contribution in [0.2, 0.25) is 0 Å². The van der Waals surface area contributed by atoms with E-state index < -0.39 is 6.10 Å². The molecule has 0 aliphatic carbocycles. The molecule has 0 saturated heterocycles. The number of ether oxygens (including phenoxy) is 3. The molecule has 1 atom stereocenters. The van der Waals surface area contributed by atoms with E-state index in [4.69, 9.17) is 14.2 Å². The van der Waals surface area contributed by atoms with Gasteiger partial charge in [0.2, 0.25) is 0 Å². The molecule has 0 aromatic heterocycles. The lowest BCUT2D eigenvalue weighted by Gasteiger charge is -2.18. The number of unbranched alkanes of at least 4 members (excludes halogenated alkanes) is 37. The molecule has 6 nitrogen and oxygen atoms in total. The van der Waals surface area contributed by atoms with Crippen molar-refractivity contribution < 1.29 is 28.6 Å². The Hall–Kier alpha value is -3.15. The monoisotopic (exact) mass is 1060 g/mol. The maximum absolute atomic E-state index is 12.9. The molecule has 0 saturated carbocycles. The Bertz CT molecular complexity index is 1400. The van der Waals surface area contributed by atoms with Crippen LogP contribution in [0.1, 0.15) is 335 Å². The third-order valence-electron chi connectivity index (χ3n) is 14.4. The van der Waals surface area contributed by atoms with Crippen molar-refractivity contribution >= 4 is 17.9 Å². The second kappa shape index (κ2) is 64.4. The van der Waals surface area contributed by atoms with Crippen molar-refractivity contribution in [2.24, 2.45) is 0 Å². The highest BCUT2D eigenvalue weighted by Gasteiger charge is 2.19. The quantitative estimate of drug-likeness (QED) is 0.0261. The van der Waals surface area contributed by atoms with Gasteiger partial charge in [-0.3, -0.25) is 14.4 Å². The highest BCUT2D eigenvalue weighted by atomic mass is 16.6. The SMILES string of the molecule is CC/C=C\C/C=C\C/C=C\C/C=C\C/C=C\CCCC(=O)OC(COC(=O)CCCCCCCCCCCCCCC/C=C\CCCCCCCCCC)COC(=O)CCCCCCCCCCCCCCCCCC. The normalized spacial score (nSPS) is 12.5. The van der Waals surface area contributed by atoms with Gasteiger partial charge in [-0.2, -0.15) is 0 Å². The Labute approximate surface area is 472 Å².